The standard InChI is InChI=1S/C25H36O5S.K/c1-2-3-4-5-6-7-8-9-10-11-15-18-23-24(30-22-16-13-12-14-17-22)19-21(26)20-25(23)31(27,28)29;/h12-14,16-17,19-20,26H,2-11,15,18H2,1H3,(H,27,28,29);/q;+1/p-1. The predicted octanol–water partition coefficient (Wildman–Crippen LogP) is 3.66. The maximum atomic E-state index is 12.0. The third kappa shape index (κ3) is 11.1. The van der Waals surface area contributed by atoms with Gasteiger partial charge in [-0.2, -0.15) is 8.42 Å². The van der Waals surface area contributed by atoms with Crippen LogP contribution < -0.4 is 61.2 Å². The van der Waals surface area contributed by atoms with Crippen molar-refractivity contribution in [1.29, 1.82) is 0 Å². The average Bonchev–Trinajstić information content (AvgIpc) is 2.73. The van der Waals surface area contributed by atoms with Gasteiger partial charge < -0.3 is 9.84 Å². The van der Waals surface area contributed by atoms with Gasteiger partial charge in [0.25, 0.3) is 10.1 Å². The van der Waals surface area contributed by atoms with Crippen LogP contribution in [0.3, 0.4) is 0 Å². The Morgan fingerprint density at radius 3 is 1.91 bits per heavy atom. The minimum absolute atomic E-state index is 0. The van der Waals surface area contributed by atoms with E-state index in [4.69, 9.17) is 4.74 Å². The second kappa shape index (κ2) is 16.3. The monoisotopic (exact) mass is 486 g/mol. The van der Waals surface area contributed by atoms with Crippen molar-refractivity contribution in [3.63, 3.8) is 0 Å². The zero-order valence-electron chi connectivity index (χ0n) is 19.5. The molecule has 0 aliphatic heterocycles. The van der Waals surface area contributed by atoms with Crippen molar-refractivity contribution >= 4 is 10.1 Å². The first kappa shape index (κ1) is 29.6. The molecule has 0 heterocycles. The van der Waals surface area contributed by atoms with Crippen LogP contribution in [0.5, 0.6) is 17.2 Å². The molecule has 32 heavy (non-hydrogen) atoms. The van der Waals surface area contributed by atoms with Crippen LogP contribution in [0, 0.1) is 0 Å². The van der Waals surface area contributed by atoms with E-state index < -0.39 is 15.9 Å². The predicted molar refractivity (Wildman–Crippen MR) is 122 cm³/mol. The number of para-hydroxylation sites is 1. The summed E-state index contributed by atoms with van der Waals surface area (Å²) in [6.07, 6.45) is 13.5. The maximum absolute atomic E-state index is 12.0. The van der Waals surface area contributed by atoms with Gasteiger partial charge in [0.2, 0.25) is 0 Å². The van der Waals surface area contributed by atoms with Gasteiger partial charge in [0, 0.05) is 5.56 Å². The van der Waals surface area contributed by atoms with Crippen molar-refractivity contribution in [2.75, 3.05) is 0 Å². The summed E-state index contributed by atoms with van der Waals surface area (Å²) in [5.74, 6) is 0.189. The van der Waals surface area contributed by atoms with Crippen LogP contribution in [-0.4, -0.2) is 13.0 Å². The molecule has 0 aromatic heterocycles. The summed E-state index contributed by atoms with van der Waals surface area (Å²) >= 11 is 0. The Hall–Kier alpha value is -0.414. The molecular formula is C25H35KO5S. The SMILES string of the molecule is CCCCCCCCCCCCCc1c(Oc2ccccc2)cc([O-])cc1S(=O)(=O)O.[K+]. The van der Waals surface area contributed by atoms with Gasteiger partial charge in [-0.3, -0.25) is 4.55 Å². The molecule has 0 bridgehead atoms. The topological polar surface area (TPSA) is 86.7 Å². The van der Waals surface area contributed by atoms with E-state index >= 15 is 0 Å². The fourth-order valence-corrected chi connectivity index (χ4v) is 4.52. The normalized spacial score (nSPS) is 11.2. The minimum atomic E-state index is -4.52. The fourth-order valence-electron chi connectivity index (χ4n) is 3.74. The quantitative estimate of drug-likeness (QED) is 0.236. The number of ether oxygens (including phenoxy) is 1. The molecule has 0 aliphatic carbocycles. The Balaban J connectivity index is 0.00000512. The van der Waals surface area contributed by atoms with Crippen molar-refractivity contribution < 1.29 is 74.2 Å². The molecule has 2 aromatic carbocycles. The number of benzene rings is 2. The second-order valence-corrected chi connectivity index (χ2v) is 9.46. The summed E-state index contributed by atoms with van der Waals surface area (Å²) in [5.41, 5.74) is 0.363. The van der Waals surface area contributed by atoms with Gasteiger partial charge in [-0.15, -0.1) is 5.75 Å². The van der Waals surface area contributed by atoms with E-state index in [0.717, 1.165) is 25.3 Å². The molecule has 5 nitrogen and oxygen atoms in total. The van der Waals surface area contributed by atoms with Gasteiger partial charge in [-0.25, -0.2) is 0 Å². The van der Waals surface area contributed by atoms with Gasteiger partial charge >= 0.3 is 51.4 Å². The van der Waals surface area contributed by atoms with Gasteiger partial charge in [-0.1, -0.05) is 89.3 Å². The molecule has 0 saturated heterocycles. The van der Waals surface area contributed by atoms with E-state index in [1.165, 1.54) is 57.4 Å². The Kier molecular flexibility index (Phi) is 15.0. The van der Waals surface area contributed by atoms with E-state index in [0.29, 0.717) is 17.7 Å². The van der Waals surface area contributed by atoms with Crippen LogP contribution in [0.25, 0.3) is 0 Å². The molecule has 0 spiro atoms. The van der Waals surface area contributed by atoms with Crippen molar-refractivity contribution in [3.8, 4) is 17.2 Å². The van der Waals surface area contributed by atoms with Crippen LogP contribution in [-0.2, 0) is 16.5 Å². The molecule has 0 atom stereocenters. The van der Waals surface area contributed by atoms with E-state index in [2.05, 4.69) is 6.92 Å². The van der Waals surface area contributed by atoms with Crippen molar-refractivity contribution in [3.05, 3.63) is 48.0 Å². The molecule has 172 valence electrons. The molecule has 0 amide bonds. The Morgan fingerprint density at radius 2 is 1.38 bits per heavy atom. The molecular weight excluding hydrogens is 451 g/mol. The number of hydrogen-bond acceptors (Lipinski definition) is 4. The summed E-state index contributed by atoms with van der Waals surface area (Å²) < 4.78 is 39.2. The summed E-state index contributed by atoms with van der Waals surface area (Å²) in [7, 11) is -4.52. The summed E-state index contributed by atoms with van der Waals surface area (Å²) in [6, 6.07) is 11.2. The molecule has 2 aromatic rings. The molecule has 0 radical (unpaired) electrons. The van der Waals surface area contributed by atoms with E-state index in [-0.39, 0.29) is 62.0 Å². The minimum Gasteiger partial charge on any atom is -0.872 e. The van der Waals surface area contributed by atoms with E-state index in [9.17, 15) is 18.1 Å². The largest absolute Gasteiger partial charge is 1.00 e. The van der Waals surface area contributed by atoms with Gasteiger partial charge in [-0.05, 0) is 37.1 Å². The Bertz CT molecular complexity index is 885. The number of hydrogen-bond donors (Lipinski definition) is 1. The molecule has 0 fully saturated rings. The van der Waals surface area contributed by atoms with Crippen molar-refractivity contribution in [2.45, 2.75) is 88.9 Å². The van der Waals surface area contributed by atoms with E-state index in [1.54, 1.807) is 24.3 Å². The maximum Gasteiger partial charge on any atom is 1.00 e. The summed E-state index contributed by atoms with van der Waals surface area (Å²) in [5, 5.41) is 12.0. The van der Waals surface area contributed by atoms with Crippen LogP contribution >= 0.6 is 0 Å². The second-order valence-electron chi connectivity index (χ2n) is 8.07. The Labute approximate surface area is 236 Å². The molecule has 1 N–H and O–H groups in total. The third-order valence-corrected chi connectivity index (χ3v) is 6.34. The van der Waals surface area contributed by atoms with Crippen LogP contribution in [0.15, 0.2) is 47.4 Å². The Morgan fingerprint density at radius 1 is 0.844 bits per heavy atom. The first-order valence-corrected chi connectivity index (χ1v) is 12.9. The number of rotatable bonds is 15. The molecule has 2 rings (SSSR count). The average molecular weight is 487 g/mol. The van der Waals surface area contributed by atoms with E-state index in [1.807, 2.05) is 6.07 Å². The van der Waals surface area contributed by atoms with Crippen LogP contribution in [0.2, 0.25) is 0 Å². The van der Waals surface area contributed by atoms with Crippen LogP contribution in [0.1, 0.15) is 83.1 Å². The third-order valence-electron chi connectivity index (χ3n) is 5.42. The number of unbranched alkanes of at least 4 members (excludes halogenated alkanes) is 10. The molecule has 7 heteroatoms. The van der Waals surface area contributed by atoms with Crippen molar-refractivity contribution in [1.82, 2.24) is 0 Å². The smallest absolute Gasteiger partial charge is 0.872 e. The first-order chi connectivity index (χ1) is 14.9. The fraction of sp³-hybridized carbons (Fsp3) is 0.520. The molecule has 0 saturated carbocycles. The van der Waals surface area contributed by atoms with Gasteiger partial charge in [0.1, 0.15) is 16.4 Å². The first-order valence-electron chi connectivity index (χ1n) is 11.5. The summed E-state index contributed by atoms with van der Waals surface area (Å²) in [4.78, 5) is -0.349. The summed E-state index contributed by atoms with van der Waals surface area (Å²) in [6.45, 7) is 2.23. The van der Waals surface area contributed by atoms with Gasteiger partial charge in [0.05, 0.1) is 0 Å². The van der Waals surface area contributed by atoms with Crippen LogP contribution in [0.4, 0.5) is 0 Å². The van der Waals surface area contributed by atoms with Gasteiger partial charge in [0.15, 0.2) is 0 Å². The molecule has 0 aliphatic rings. The molecule has 0 unspecified atom stereocenters. The zero-order chi connectivity index (χ0) is 22.5. The van der Waals surface area contributed by atoms with Crippen molar-refractivity contribution in [2.24, 2.45) is 0 Å². The zero-order valence-corrected chi connectivity index (χ0v) is 23.5.